The van der Waals surface area contributed by atoms with Crippen LogP contribution >= 0.6 is 0 Å². The minimum absolute atomic E-state index is 0.0603. The zero-order valence-electron chi connectivity index (χ0n) is 13.9. The smallest absolute Gasteiger partial charge is 0.262 e. The van der Waals surface area contributed by atoms with E-state index in [4.69, 9.17) is 14.4 Å². The van der Waals surface area contributed by atoms with Gasteiger partial charge in [0.1, 0.15) is 29.0 Å². The highest BCUT2D eigenvalue weighted by Gasteiger charge is 2.12. The maximum Gasteiger partial charge on any atom is 0.262 e. The zero-order chi connectivity index (χ0) is 18.4. The Morgan fingerprint density at radius 3 is 2.85 bits per heavy atom. The number of hydrogen-bond acceptors (Lipinski definition) is 6. The van der Waals surface area contributed by atoms with Gasteiger partial charge in [-0.25, -0.2) is 4.98 Å². The molecule has 0 aliphatic rings. The molecule has 0 aliphatic heterocycles. The number of carbonyl (C=O) groups excluding carboxylic acids is 1. The van der Waals surface area contributed by atoms with Gasteiger partial charge in [-0.2, -0.15) is 10.4 Å². The second-order valence-electron chi connectivity index (χ2n) is 5.20. The summed E-state index contributed by atoms with van der Waals surface area (Å²) in [6, 6.07) is 12.5. The molecule has 1 aromatic carbocycles. The van der Waals surface area contributed by atoms with Crippen molar-refractivity contribution in [3.63, 3.8) is 0 Å². The number of aromatic nitrogens is 3. The van der Waals surface area contributed by atoms with Crippen LogP contribution in [-0.4, -0.2) is 28.2 Å². The molecule has 3 rings (SSSR count). The molecule has 0 saturated heterocycles. The minimum atomic E-state index is -0.522. The molecule has 0 spiro atoms. The average Bonchev–Trinajstić information content (AvgIpc) is 3.36. The van der Waals surface area contributed by atoms with Crippen LogP contribution in [0.1, 0.15) is 11.6 Å². The fourth-order valence-electron chi connectivity index (χ4n) is 2.17. The van der Waals surface area contributed by atoms with Gasteiger partial charge in [-0.3, -0.25) is 9.89 Å². The van der Waals surface area contributed by atoms with Crippen molar-refractivity contribution in [1.82, 2.24) is 20.5 Å². The molecule has 8 heteroatoms. The highest BCUT2D eigenvalue weighted by Crippen LogP contribution is 2.18. The topological polar surface area (TPSA) is 117 Å². The Hall–Kier alpha value is -3.86. The monoisotopic (exact) mass is 349 g/mol. The molecular weight excluding hydrogens is 334 g/mol. The highest BCUT2D eigenvalue weighted by molar-refractivity contribution is 6.01. The number of rotatable bonds is 6. The fourth-order valence-corrected chi connectivity index (χ4v) is 2.17. The van der Waals surface area contributed by atoms with Gasteiger partial charge in [-0.05, 0) is 36.4 Å². The molecule has 0 unspecified atom stereocenters. The normalized spacial score (nSPS) is 11.0. The molecule has 130 valence electrons. The van der Waals surface area contributed by atoms with Crippen molar-refractivity contribution in [3.05, 3.63) is 59.8 Å². The van der Waals surface area contributed by atoms with Crippen LogP contribution < -0.4 is 10.1 Å². The average molecular weight is 349 g/mol. The van der Waals surface area contributed by atoms with E-state index in [0.29, 0.717) is 17.4 Å². The van der Waals surface area contributed by atoms with Crippen LogP contribution in [0, 0.1) is 11.3 Å². The number of ether oxygens (including phenoxy) is 1. The van der Waals surface area contributed by atoms with Gasteiger partial charge in [0.05, 0.1) is 19.9 Å². The van der Waals surface area contributed by atoms with E-state index < -0.39 is 5.91 Å². The van der Waals surface area contributed by atoms with E-state index in [1.807, 2.05) is 30.3 Å². The van der Waals surface area contributed by atoms with Crippen LogP contribution in [0.15, 0.2) is 52.7 Å². The lowest BCUT2D eigenvalue weighted by Gasteiger charge is -2.01. The van der Waals surface area contributed by atoms with Crippen molar-refractivity contribution in [2.75, 3.05) is 7.11 Å². The summed E-state index contributed by atoms with van der Waals surface area (Å²) in [6.45, 7) is 0.110. The van der Waals surface area contributed by atoms with E-state index in [2.05, 4.69) is 20.5 Å². The quantitative estimate of drug-likeness (QED) is 0.521. The standard InChI is InChI=1S/C18H15N5O3/c1-25-14-6-4-12(5-7-14)17-21-16(22-23-17)11-20-18(24)13(10-19)9-15-3-2-8-26-15/h2-9H,11H2,1H3,(H,20,24)(H,21,22,23). The number of nitriles is 1. The number of carbonyl (C=O) groups is 1. The summed E-state index contributed by atoms with van der Waals surface area (Å²) in [5, 5.41) is 18.6. The second kappa shape index (κ2) is 7.81. The van der Waals surface area contributed by atoms with E-state index in [9.17, 15) is 4.79 Å². The van der Waals surface area contributed by atoms with Gasteiger partial charge in [-0.15, -0.1) is 0 Å². The van der Waals surface area contributed by atoms with Crippen molar-refractivity contribution >= 4 is 12.0 Å². The van der Waals surface area contributed by atoms with Crippen molar-refractivity contribution < 1.29 is 13.9 Å². The number of benzene rings is 1. The SMILES string of the molecule is COc1ccc(-c2n[nH]c(CNC(=O)C(C#N)=Cc3ccco3)n2)cc1. The molecular formula is C18H15N5O3. The van der Waals surface area contributed by atoms with Crippen LogP contribution in [-0.2, 0) is 11.3 Å². The first-order chi connectivity index (χ1) is 12.7. The number of aromatic amines is 1. The molecule has 0 atom stereocenters. The van der Waals surface area contributed by atoms with Gasteiger partial charge in [0.15, 0.2) is 5.82 Å². The molecule has 0 radical (unpaired) electrons. The van der Waals surface area contributed by atoms with Crippen LogP contribution in [0.4, 0.5) is 0 Å². The van der Waals surface area contributed by atoms with E-state index in [1.165, 1.54) is 12.3 Å². The van der Waals surface area contributed by atoms with E-state index in [0.717, 1.165) is 11.3 Å². The lowest BCUT2D eigenvalue weighted by atomic mass is 10.2. The number of hydrogen-bond donors (Lipinski definition) is 2. The molecule has 2 heterocycles. The number of furan rings is 1. The molecule has 8 nitrogen and oxygen atoms in total. The minimum Gasteiger partial charge on any atom is -0.497 e. The van der Waals surface area contributed by atoms with Crippen molar-refractivity contribution in [3.8, 4) is 23.2 Å². The predicted molar refractivity (Wildman–Crippen MR) is 92.5 cm³/mol. The molecule has 2 N–H and O–H groups in total. The Labute approximate surface area is 149 Å². The third-order valence-electron chi connectivity index (χ3n) is 3.49. The summed E-state index contributed by atoms with van der Waals surface area (Å²) in [4.78, 5) is 16.4. The Kier molecular flexibility index (Phi) is 5.10. The highest BCUT2D eigenvalue weighted by atomic mass is 16.5. The van der Waals surface area contributed by atoms with Gasteiger partial charge in [0.2, 0.25) is 0 Å². The molecule has 1 amide bonds. The van der Waals surface area contributed by atoms with E-state index in [1.54, 1.807) is 19.2 Å². The van der Waals surface area contributed by atoms with Gasteiger partial charge >= 0.3 is 0 Å². The van der Waals surface area contributed by atoms with Crippen molar-refractivity contribution in [2.24, 2.45) is 0 Å². The van der Waals surface area contributed by atoms with E-state index >= 15 is 0 Å². The Balaban J connectivity index is 1.64. The summed E-state index contributed by atoms with van der Waals surface area (Å²) in [5.41, 5.74) is 0.755. The molecule has 0 aliphatic carbocycles. The van der Waals surface area contributed by atoms with E-state index in [-0.39, 0.29) is 12.1 Å². The second-order valence-corrected chi connectivity index (χ2v) is 5.20. The molecule has 2 aromatic heterocycles. The molecule has 0 fully saturated rings. The van der Waals surface area contributed by atoms with Gasteiger partial charge in [0.25, 0.3) is 5.91 Å². The largest absolute Gasteiger partial charge is 0.497 e. The Morgan fingerprint density at radius 2 is 2.19 bits per heavy atom. The first-order valence-corrected chi connectivity index (χ1v) is 7.69. The zero-order valence-corrected chi connectivity index (χ0v) is 13.9. The van der Waals surface area contributed by atoms with Gasteiger partial charge in [-0.1, -0.05) is 0 Å². The van der Waals surface area contributed by atoms with Crippen molar-refractivity contribution in [2.45, 2.75) is 6.54 Å². The predicted octanol–water partition coefficient (Wildman–Crippen LogP) is 2.30. The lowest BCUT2D eigenvalue weighted by Crippen LogP contribution is -2.24. The third kappa shape index (κ3) is 3.96. The lowest BCUT2D eigenvalue weighted by molar-refractivity contribution is -0.117. The molecule has 0 bridgehead atoms. The molecule has 0 saturated carbocycles. The number of nitrogens with zero attached hydrogens (tertiary/aromatic N) is 3. The molecule has 3 aromatic rings. The number of H-pyrrole nitrogens is 1. The van der Waals surface area contributed by atoms with Gasteiger partial charge < -0.3 is 14.5 Å². The van der Waals surface area contributed by atoms with Gasteiger partial charge in [0, 0.05) is 11.6 Å². The maximum absolute atomic E-state index is 12.1. The summed E-state index contributed by atoms with van der Waals surface area (Å²) in [5.74, 6) is 1.62. The summed E-state index contributed by atoms with van der Waals surface area (Å²) in [7, 11) is 1.60. The fraction of sp³-hybridized carbons (Fsp3) is 0.111. The summed E-state index contributed by atoms with van der Waals surface area (Å²) >= 11 is 0. The summed E-state index contributed by atoms with van der Waals surface area (Å²) < 4.78 is 10.2. The first kappa shape index (κ1) is 17.0. The summed E-state index contributed by atoms with van der Waals surface area (Å²) in [6.07, 6.45) is 2.84. The molecule has 26 heavy (non-hydrogen) atoms. The van der Waals surface area contributed by atoms with Crippen LogP contribution in [0.5, 0.6) is 5.75 Å². The maximum atomic E-state index is 12.1. The number of amides is 1. The first-order valence-electron chi connectivity index (χ1n) is 7.69. The number of nitrogens with one attached hydrogen (secondary N) is 2. The Bertz CT molecular complexity index is 950. The third-order valence-corrected chi connectivity index (χ3v) is 3.49. The Morgan fingerprint density at radius 1 is 1.38 bits per heavy atom. The van der Waals surface area contributed by atoms with Crippen LogP contribution in [0.2, 0.25) is 0 Å². The van der Waals surface area contributed by atoms with Crippen LogP contribution in [0.25, 0.3) is 17.5 Å². The number of methoxy groups -OCH3 is 1. The van der Waals surface area contributed by atoms with Crippen molar-refractivity contribution in [1.29, 1.82) is 5.26 Å². The van der Waals surface area contributed by atoms with Crippen LogP contribution in [0.3, 0.4) is 0 Å².